The highest BCUT2D eigenvalue weighted by Gasteiger charge is 2.23. The van der Waals surface area contributed by atoms with Gasteiger partial charge < -0.3 is 5.32 Å². The zero-order valence-corrected chi connectivity index (χ0v) is 9.38. The monoisotopic (exact) mass is 247 g/mol. The second kappa shape index (κ2) is 4.26. The Morgan fingerprint density at radius 1 is 1.50 bits per heavy atom. The van der Waals surface area contributed by atoms with Crippen LogP contribution in [0, 0.1) is 5.82 Å². The summed E-state index contributed by atoms with van der Waals surface area (Å²) in [5, 5.41) is 10.8. The predicted molar refractivity (Wildman–Crippen MR) is 59.6 cm³/mol. The van der Waals surface area contributed by atoms with Crippen LogP contribution in [0.4, 0.5) is 4.39 Å². The van der Waals surface area contributed by atoms with Gasteiger partial charge in [0.2, 0.25) is 5.78 Å². The van der Waals surface area contributed by atoms with Crippen LogP contribution < -0.4 is 5.32 Å². The van der Waals surface area contributed by atoms with E-state index in [9.17, 15) is 9.18 Å². The SMILES string of the molecule is O=C(c1cn(C2CNC2)nn1)c1ccncc1F. The lowest BCUT2D eigenvalue weighted by Gasteiger charge is -2.26. The van der Waals surface area contributed by atoms with Crippen molar-refractivity contribution >= 4 is 5.78 Å². The summed E-state index contributed by atoms with van der Waals surface area (Å²) in [5.41, 5.74) is 0.107. The molecule has 1 N–H and O–H groups in total. The Bertz CT molecular complexity index is 593. The summed E-state index contributed by atoms with van der Waals surface area (Å²) >= 11 is 0. The molecule has 0 saturated carbocycles. The molecule has 0 atom stereocenters. The van der Waals surface area contributed by atoms with Gasteiger partial charge in [0.05, 0.1) is 24.0 Å². The molecule has 7 heteroatoms. The first-order chi connectivity index (χ1) is 8.75. The van der Waals surface area contributed by atoms with E-state index in [-0.39, 0.29) is 17.3 Å². The smallest absolute Gasteiger partial charge is 0.217 e. The lowest BCUT2D eigenvalue weighted by atomic mass is 10.1. The van der Waals surface area contributed by atoms with Gasteiger partial charge in [-0.2, -0.15) is 0 Å². The summed E-state index contributed by atoms with van der Waals surface area (Å²) in [5.74, 6) is -1.13. The lowest BCUT2D eigenvalue weighted by Crippen LogP contribution is -2.43. The predicted octanol–water partition coefficient (Wildman–Crippen LogP) is 0.187. The van der Waals surface area contributed by atoms with Crippen LogP contribution >= 0.6 is 0 Å². The molecule has 6 nitrogen and oxygen atoms in total. The minimum Gasteiger partial charge on any atom is -0.312 e. The Kier molecular flexibility index (Phi) is 2.60. The zero-order chi connectivity index (χ0) is 12.5. The third kappa shape index (κ3) is 1.78. The van der Waals surface area contributed by atoms with Gasteiger partial charge in [-0.1, -0.05) is 5.21 Å². The Morgan fingerprint density at radius 3 is 3.00 bits per heavy atom. The van der Waals surface area contributed by atoms with Crippen LogP contribution in [-0.4, -0.2) is 38.9 Å². The molecule has 0 amide bonds. The number of nitrogens with one attached hydrogen (secondary N) is 1. The van der Waals surface area contributed by atoms with Crippen LogP contribution in [0.5, 0.6) is 0 Å². The molecule has 2 aromatic rings. The van der Waals surface area contributed by atoms with Crippen LogP contribution in [0.25, 0.3) is 0 Å². The van der Waals surface area contributed by atoms with Crippen LogP contribution in [0.2, 0.25) is 0 Å². The Hall–Kier alpha value is -2.15. The molecule has 3 heterocycles. The van der Waals surface area contributed by atoms with E-state index in [0.717, 1.165) is 19.3 Å². The highest BCUT2D eigenvalue weighted by atomic mass is 19.1. The van der Waals surface area contributed by atoms with Gasteiger partial charge in [0, 0.05) is 19.3 Å². The molecule has 18 heavy (non-hydrogen) atoms. The number of halogens is 1. The first kappa shape index (κ1) is 11.0. The third-order valence-corrected chi connectivity index (χ3v) is 2.89. The van der Waals surface area contributed by atoms with E-state index < -0.39 is 11.6 Å². The quantitative estimate of drug-likeness (QED) is 0.784. The van der Waals surface area contributed by atoms with Crippen LogP contribution in [0.1, 0.15) is 22.1 Å². The average molecular weight is 247 g/mol. The molecule has 2 aromatic heterocycles. The molecule has 1 aliphatic rings. The van der Waals surface area contributed by atoms with Crippen molar-refractivity contribution in [1.82, 2.24) is 25.3 Å². The molecule has 92 valence electrons. The molecular weight excluding hydrogens is 237 g/mol. The fraction of sp³-hybridized carbons (Fsp3) is 0.273. The molecule has 0 bridgehead atoms. The molecule has 0 aromatic carbocycles. The number of aromatic nitrogens is 4. The first-order valence-corrected chi connectivity index (χ1v) is 5.52. The Balaban J connectivity index is 1.88. The molecule has 0 aliphatic carbocycles. The number of hydrogen-bond acceptors (Lipinski definition) is 5. The topological polar surface area (TPSA) is 72.7 Å². The summed E-state index contributed by atoms with van der Waals surface area (Å²) in [7, 11) is 0. The fourth-order valence-electron chi connectivity index (χ4n) is 1.72. The van der Waals surface area contributed by atoms with Crippen molar-refractivity contribution in [2.45, 2.75) is 6.04 Å². The summed E-state index contributed by atoms with van der Waals surface area (Å²) in [6, 6.07) is 1.56. The second-order valence-corrected chi connectivity index (χ2v) is 4.08. The van der Waals surface area contributed by atoms with Gasteiger partial charge in [-0.05, 0) is 6.07 Å². The van der Waals surface area contributed by atoms with Gasteiger partial charge in [-0.15, -0.1) is 5.10 Å². The standard InChI is InChI=1S/C11H10FN5O/c12-9-5-13-2-1-8(9)11(18)10-6-17(16-15-10)7-3-14-4-7/h1-2,5-7,14H,3-4H2. The van der Waals surface area contributed by atoms with E-state index >= 15 is 0 Å². The van der Waals surface area contributed by atoms with Crippen molar-refractivity contribution in [3.8, 4) is 0 Å². The number of rotatable bonds is 3. The molecule has 1 saturated heterocycles. The van der Waals surface area contributed by atoms with Crippen molar-refractivity contribution in [3.63, 3.8) is 0 Å². The minimum atomic E-state index is -0.651. The van der Waals surface area contributed by atoms with Crippen LogP contribution in [-0.2, 0) is 0 Å². The maximum Gasteiger partial charge on any atom is 0.217 e. The van der Waals surface area contributed by atoms with E-state index in [1.807, 2.05) is 0 Å². The van der Waals surface area contributed by atoms with Gasteiger partial charge in [0.1, 0.15) is 0 Å². The lowest BCUT2D eigenvalue weighted by molar-refractivity contribution is 0.103. The summed E-state index contributed by atoms with van der Waals surface area (Å²) in [4.78, 5) is 15.6. The van der Waals surface area contributed by atoms with Crippen molar-refractivity contribution < 1.29 is 9.18 Å². The van der Waals surface area contributed by atoms with E-state index in [1.54, 1.807) is 10.9 Å². The number of carbonyl (C=O) groups is 1. The maximum absolute atomic E-state index is 13.4. The normalized spacial score (nSPS) is 15.4. The minimum absolute atomic E-state index is 0.0382. The van der Waals surface area contributed by atoms with Gasteiger partial charge in [-0.25, -0.2) is 9.07 Å². The highest BCUT2D eigenvalue weighted by Crippen LogP contribution is 2.13. The molecule has 3 rings (SSSR count). The van der Waals surface area contributed by atoms with E-state index in [4.69, 9.17) is 0 Å². The maximum atomic E-state index is 13.4. The van der Waals surface area contributed by atoms with Crippen molar-refractivity contribution in [3.05, 3.63) is 41.7 Å². The molecule has 0 unspecified atom stereocenters. The molecule has 0 radical (unpaired) electrons. The van der Waals surface area contributed by atoms with Crippen LogP contribution in [0.3, 0.4) is 0 Å². The number of ketones is 1. The number of carbonyl (C=O) groups excluding carboxylic acids is 1. The van der Waals surface area contributed by atoms with E-state index in [1.165, 1.54) is 12.3 Å². The Morgan fingerprint density at radius 2 is 2.33 bits per heavy atom. The number of pyridine rings is 1. The second-order valence-electron chi connectivity index (χ2n) is 4.08. The van der Waals surface area contributed by atoms with Crippen molar-refractivity contribution in [2.75, 3.05) is 13.1 Å². The zero-order valence-electron chi connectivity index (χ0n) is 9.38. The first-order valence-electron chi connectivity index (χ1n) is 5.52. The van der Waals surface area contributed by atoms with E-state index in [2.05, 4.69) is 20.6 Å². The fourth-order valence-corrected chi connectivity index (χ4v) is 1.72. The van der Waals surface area contributed by atoms with Gasteiger partial charge in [-0.3, -0.25) is 9.78 Å². The van der Waals surface area contributed by atoms with Crippen LogP contribution in [0.15, 0.2) is 24.7 Å². The molecule has 0 spiro atoms. The Labute approximate surface area is 102 Å². The van der Waals surface area contributed by atoms with Gasteiger partial charge >= 0.3 is 0 Å². The summed E-state index contributed by atoms with van der Waals surface area (Å²) < 4.78 is 15.0. The summed E-state index contributed by atoms with van der Waals surface area (Å²) in [6.45, 7) is 1.61. The highest BCUT2D eigenvalue weighted by molar-refractivity contribution is 6.07. The summed E-state index contributed by atoms with van der Waals surface area (Å²) in [6.07, 6.45) is 3.93. The van der Waals surface area contributed by atoms with E-state index in [0.29, 0.717) is 0 Å². The molecular formula is C11H10FN5O. The third-order valence-electron chi connectivity index (χ3n) is 2.89. The number of hydrogen-bond donors (Lipinski definition) is 1. The molecule has 1 aliphatic heterocycles. The van der Waals surface area contributed by atoms with Gasteiger partial charge in [0.15, 0.2) is 11.5 Å². The number of nitrogens with zero attached hydrogens (tertiary/aromatic N) is 4. The van der Waals surface area contributed by atoms with Crippen molar-refractivity contribution in [1.29, 1.82) is 0 Å². The van der Waals surface area contributed by atoms with Gasteiger partial charge in [0.25, 0.3) is 0 Å². The largest absolute Gasteiger partial charge is 0.312 e. The average Bonchev–Trinajstić information content (AvgIpc) is 2.76. The van der Waals surface area contributed by atoms with Crippen molar-refractivity contribution in [2.24, 2.45) is 0 Å². The molecule has 1 fully saturated rings.